The Balaban J connectivity index is 1.43. The van der Waals surface area contributed by atoms with E-state index in [1.165, 1.54) is 18.4 Å². The fourth-order valence-electron chi connectivity index (χ4n) is 7.24. The van der Waals surface area contributed by atoms with Crippen LogP contribution in [0.1, 0.15) is 54.2 Å². The van der Waals surface area contributed by atoms with Gasteiger partial charge < -0.3 is 4.90 Å². The number of likely N-dealkylation sites (tertiary alicyclic amines) is 2. The summed E-state index contributed by atoms with van der Waals surface area (Å²) in [5.41, 5.74) is 5.76. The predicted molar refractivity (Wildman–Crippen MR) is 136 cm³/mol. The second-order valence-corrected chi connectivity index (χ2v) is 11.4. The van der Waals surface area contributed by atoms with E-state index in [4.69, 9.17) is 0 Å². The maximum absolute atomic E-state index is 14.4. The van der Waals surface area contributed by atoms with Crippen LogP contribution in [0.4, 0.5) is 0 Å². The highest BCUT2D eigenvalue weighted by Gasteiger charge is 2.63. The first-order valence-electron chi connectivity index (χ1n) is 12.4. The van der Waals surface area contributed by atoms with E-state index in [0.29, 0.717) is 17.6 Å². The van der Waals surface area contributed by atoms with Crippen LogP contribution in [0.25, 0.3) is 10.6 Å². The first kappa shape index (κ1) is 21.9. The van der Waals surface area contributed by atoms with Crippen molar-refractivity contribution in [2.75, 3.05) is 7.05 Å². The molecule has 3 fully saturated rings. The van der Waals surface area contributed by atoms with E-state index >= 15 is 0 Å². The third-order valence-corrected chi connectivity index (χ3v) is 9.73. The number of pyridine rings is 1. The standard InChI is InChI=1S/C28H32N4OS/c1-18-26(34-17-30-18)25-20(11-8-14-29-25)27(33)32-22-16-28(2)23(12-7-13-24(28)32)31(3)21(22)15-19-9-5-4-6-10-19/h4-6,8-11,14,17,21-24H,7,12-13,15-16H2,1-3H3/t21-,22-,23+,24-,28+/m0/s1. The number of aryl methyl sites for hydroxylation is 1. The summed E-state index contributed by atoms with van der Waals surface area (Å²) >= 11 is 1.56. The number of carbonyl (C=O) groups excluding carboxylic acids is 1. The first-order chi connectivity index (χ1) is 16.5. The number of carbonyl (C=O) groups is 1. The minimum absolute atomic E-state index is 0.142. The number of likely N-dealkylation sites (N-methyl/N-ethyl adjacent to an activating group) is 1. The van der Waals surface area contributed by atoms with E-state index in [1.54, 1.807) is 17.5 Å². The van der Waals surface area contributed by atoms with Crippen LogP contribution in [0, 0.1) is 12.3 Å². The molecule has 5 nitrogen and oxygen atoms in total. The SMILES string of the molecule is Cc1ncsc1-c1ncccc1C(=O)N1[C@H]2CCC[C@H]3N(C)[C@@H](Cc4ccccc4)[C@@H]1C[C@@]23C. The summed E-state index contributed by atoms with van der Waals surface area (Å²) in [6, 6.07) is 16.0. The topological polar surface area (TPSA) is 49.3 Å². The second kappa shape index (κ2) is 8.28. The molecule has 0 N–H and O–H groups in total. The average molecular weight is 473 g/mol. The third-order valence-electron chi connectivity index (χ3n) is 8.80. The molecule has 2 aromatic heterocycles. The van der Waals surface area contributed by atoms with Gasteiger partial charge in [0.05, 0.1) is 27.3 Å². The molecule has 3 aromatic rings. The molecule has 1 aliphatic carbocycles. The van der Waals surface area contributed by atoms with Gasteiger partial charge in [0.1, 0.15) is 0 Å². The highest BCUT2D eigenvalue weighted by atomic mass is 32.1. The fourth-order valence-corrected chi connectivity index (χ4v) is 8.06. The lowest BCUT2D eigenvalue weighted by Crippen LogP contribution is -2.59. The third kappa shape index (κ3) is 3.26. The molecule has 6 heteroatoms. The number of amides is 1. The van der Waals surface area contributed by atoms with E-state index in [0.717, 1.165) is 35.5 Å². The molecule has 1 saturated carbocycles. The van der Waals surface area contributed by atoms with E-state index in [-0.39, 0.29) is 23.4 Å². The predicted octanol–water partition coefficient (Wildman–Crippen LogP) is 5.21. The molecule has 0 radical (unpaired) electrons. The maximum Gasteiger partial charge on any atom is 0.256 e. The summed E-state index contributed by atoms with van der Waals surface area (Å²) < 4.78 is 0. The van der Waals surface area contributed by atoms with Crippen molar-refractivity contribution in [2.24, 2.45) is 5.41 Å². The molecule has 3 aliphatic rings. The van der Waals surface area contributed by atoms with Gasteiger partial charge in [0.15, 0.2) is 0 Å². The summed E-state index contributed by atoms with van der Waals surface area (Å²) in [5.74, 6) is 0.142. The smallest absolute Gasteiger partial charge is 0.256 e. The summed E-state index contributed by atoms with van der Waals surface area (Å²) in [5, 5.41) is 0. The molecule has 2 aliphatic heterocycles. The molecule has 4 heterocycles. The number of nitrogens with zero attached hydrogens (tertiary/aromatic N) is 4. The molecule has 5 atom stereocenters. The lowest BCUT2D eigenvalue weighted by atomic mass is 9.64. The molecule has 34 heavy (non-hydrogen) atoms. The molecule has 1 amide bonds. The lowest BCUT2D eigenvalue weighted by molar-refractivity contribution is -0.00397. The number of aromatic nitrogens is 2. The van der Waals surface area contributed by atoms with Crippen molar-refractivity contribution < 1.29 is 4.79 Å². The minimum atomic E-state index is 0.142. The Bertz CT molecular complexity index is 1210. The van der Waals surface area contributed by atoms with Crippen LogP contribution >= 0.6 is 11.3 Å². The zero-order chi connectivity index (χ0) is 23.4. The first-order valence-corrected chi connectivity index (χ1v) is 13.3. The van der Waals surface area contributed by atoms with Crippen molar-refractivity contribution in [2.45, 2.75) is 70.1 Å². The van der Waals surface area contributed by atoms with Crippen molar-refractivity contribution in [3.05, 3.63) is 71.0 Å². The van der Waals surface area contributed by atoms with Crippen LogP contribution in [0.15, 0.2) is 54.2 Å². The van der Waals surface area contributed by atoms with Crippen molar-refractivity contribution in [1.29, 1.82) is 0 Å². The van der Waals surface area contributed by atoms with Crippen LogP contribution in [0.2, 0.25) is 0 Å². The molecular weight excluding hydrogens is 440 g/mol. The largest absolute Gasteiger partial charge is 0.330 e. The maximum atomic E-state index is 14.4. The normalized spacial score (nSPS) is 30.5. The quantitative estimate of drug-likeness (QED) is 0.523. The zero-order valence-corrected chi connectivity index (χ0v) is 21.0. The van der Waals surface area contributed by atoms with Gasteiger partial charge in [0.2, 0.25) is 0 Å². The number of hydrogen-bond acceptors (Lipinski definition) is 5. The van der Waals surface area contributed by atoms with Gasteiger partial charge >= 0.3 is 0 Å². The molecular formula is C28H32N4OS. The van der Waals surface area contributed by atoms with E-state index in [2.05, 4.69) is 64.1 Å². The molecule has 1 aromatic carbocycles. The van der Waals surface area contributed by atoms with Crippen molar-refractivity contribution in [3.8, 4) is 10.6 Å². The number of piperidine rings is 1. The Labute approximate surface area is 205 Å². The van der Waals surface area contributed by atoms with Crippen LogP contribution in [-0.4, -0.2) is 56.9 Å². The fraction of sp³-hybridized carbons (Fsp3) is 0.464. The number of rotatable bonds is 4. The molecule has 0 spiro atoms. The van der Waals surface area contributed by atoms with Gasteiger partial charge in [0, 0.05) is 35.8 Å². The van der Waals surface area contributed by atoms with Crippen molar-refractivity contribution in [3.63, 3.8) is 0 Å². The van der Waals surface area contributed by atoms with Gasteiger partial charge in [-0.15, -0.1) is 11.3 Å². The van der Waals surface area contributed by atoms with Gasteiger partial charge in [-0.25, -0.2) is 4.98 Å². The second-order valence-electron chi connectivity index (χ2n) is 10.5. The molecule has 176 valence electrons. The van der Waals surface area contributed by atoms with Gasteiger partial charge in [0.25, 0.3) is 5.91 Å². The van der Waals surface area contributed by atoms with Crippen LogP contribution in [0.3, 0.4) is 0 Å². The Morgan fingerprint density at radius 1 is 1.12 bits per heavy atom. The number of fused-ring (bicyclic) bond motifs is 1. The van der Waals surface area contributed by atoms with Crippen molar-refractivity contribution >= 4 is 17.2 Å². The van der Waals surface area contributed by atoms with Gasteiger partial charge in [-0.1, -0.05) is 37.3 Å². The summed E-state index contributed by atoms with van der Waals surface area (Å²) in [7, 11) is 2.30. The van der Waals surface area contributed by atoms with Crippen molar-refractivity contribution in [1.82, 2.24) is 19.8 Å². The highest BCUT2D eigenvalue weighted by molar-refractivity contribution is 7.13. The van der Waals surface area contributed by atoms with Crippen LogP contribution in [-0.2, 0) is 6.42 Å². The van der Waals surface area contributed by atoms with E-state index in [1.807, 2.05) is 24.6 Å². The summed E-state index contributed by atoms with van der Waals surface area (Å²) in [4.78, 5) is 29.4. The number of benzene rings is 1. The molecule has 2 bridgehead atoms. The monoisotopic (exact) mass is 472 g/mol. The van der Waals surface area contributed by atoms with Gasteiger partial charge in [-0.3, -0.25) is 14.7 Å². The highest BCUT2D eigenvalue weighted by Crippen LogP contribution is 2.56. The Morgan fingerprint density at radius 2 is 1.91 bits per heavy atom. The average Bonchev–Trinajstić information content (AvgIpc) is 3.41. The lowest BCUT2D eigenvalue weighted by Gasteiger charge is -2.51. The van der Waals surface area contributed by atoms with E-state index in [9.17, 15) is 4.79 Å². The van der Waals surface area contributed by atoms with Crippen LogP contribution < -0.4 is 0 Å². The summed E-state index contributed by atoms with van der Waals surface area (Å²) in [6.07, 6.45) is 7.34. The zero-order valence-electron chi connectivity index (χ0n) is 20.1. The summed E-state index contributed by atoms with van der Waals surface area (Å²) in [6.45, 7) is 4.43. The number of hydrogen-bond donors (Lipinski definition) is 0. The molecule has 0 unspecified atom stereocenters. The van der Waals surface area contributed by atoms with E-state index < -0.39 is 0 Å². The Morgan fingerprint density at radius 3 is 2.68 bits per heavy atom. The van der Waals surface area contributed by atoms with Gasteiger partial charge in [-0.05, 0) is 63.8 Å². The van der Waals surface area contributed by atoms with Gasteiger partial charge in [-0.2, -0.15) is 0 Å². The Kier molecular flexibility index (Phi) is 5.34. The van der Waals surface area contributed by atoms with Crippen LogP contribution in [0.5, 0.6) is 0 Å². The molecule has 2 saturated heterocycles. The Hall–Kier alpha value is -2.57. The number of thiazole rings is 1. The molecule has 6 rings (SSSR count). The minimum Gasteiger partial charge on any atom is -0.330 e.